The average Bonchev–Trinajstić information content (AvgIpc) is 2.87. The van der Waals surface area contributed by atoms with E-state index in [2.05, 4.69) is 90.5 Å². The van der Waals surface area contributed by atoms with Gasteiger partial charge in [0, 0.05) is 16.2 Å². The molecule has 1 aliphatic rings. The molecule has 4 heteroatoms. The van der Waals surface area contributed by atoms with Gasteiger partial charge in [-0.25, -0.2) is 0 Å². The summed E-state index contributed by atoms with van der Waals surface area (Å²) in [7, 11) is 6.59. The highest BCUT2D eigenvalue weighted by Gasteiger charge is 2.35. The summed E-state index contributed by atoms with van der Waals surface area (Å²) >= 11 is 0. The summed E-state index contributed by atoms with van der Waals surface area (Å²) in [4.78, 5) is 0. The van der Waals surface area contributed by atoms with Gasteiger partial charge in [-0.1, -0.05) is 66.6 Å². The van der Waals surface area contributed by atoms with Crippen LogP contribution in [-0.2, 0) is 5.41 Å². The summed E-state index contributed by atoms with van der Waals surface area (Å²) in [5.74, 6) is 0. The van der Waals surface area contributed by atoms with Crippen molar-refractivity contribution < 1.29 is 0 Å². The molecule has 0 N–H and O–H groups in total. The molecule has 0 aliphatic carbocycles. The number of fused-ring (bicyclic) bond motifs is 5. The summed E-state index contributed by atoms with van der Waals surface area (Å²) in [5, 5.41) is 2.75. The van der Waals surface area contributed by atoms with Crippen molar-refractivity contribution in [3.05, 3.63) is 59.7 Å². The highest BCUT2D eigenvalue weighted by molar-refractivity contribution is 6.36. The molecule has 0 unspecified atom stereocenters. The van der Waals surface area contributed by atoms with Crippen LogP contribution < -0.4 is 16.4 Å². The van der Waals surface area contributed by atoms with E-state index in [0.29, 0.717) is 0 Å². The SMILES string of the molecule is Bc1ccc2c(c1)C(C)(C)c1cc(B)cc3c4cc(B)ccc4n-2c13. The van der Waals surface area contributed by atoms with Crippen molar-refractivity contribution in [1.29, 1.82) is 0 Å². The molecule has 25 heavy (non-hydrogen) atoms. The van der Waals surface area contributed by atoms with Gasteiger partial charge in [0.2, 0.25) is 0 Å². The third-order valence-electron chi connectivity index (χ3n) is 5.90. The molecule has 1 aromatic heterocycles. The number of hydrogen-bond acceptors (Lipinski definition) is 0. The van der Waals surface area contributed by atoms with Crippen LogP contribution in [0.5, 0.6) is 0 Å². The molecular weight excluding hydrogens is 299 g/mol. The van der Waals surface area contributed by atoms with Crippen LogP contribution in [0, 0.1) is 0 Å². The molecule has 0 fully saturated rings. The summed E-state index contributed by atoms with van der Waals surface area (Å²) < 4.78 is 2.49. The lowest BCUT2D eigenvalue weighted by molar-refractivity contribution is 0.631. The van der Waals surface area contributed by atoms with E-state index in [-0.39, 0.29) is 5.41 Å². The van der Waals surface area contributed by atoms with E-state index >= 15 is 0 Å². The Balaban J connectivity index is 2.11. The minimum Gasteiger partial charge on any atom is -0.309 e. The molecule has 0 amide bonds. The first kappa shape index (κ1) is 15.0. The Kier molecular flexibility index (Phi) is 2.77. The van der Waals surface area contributed by atoms with E-state index in [1.54, 1.807) is 0 Å². The molecule has 0 saturated heterocycles. The topological polar surface area (TPSA) is 4.93 Å². The average molecular weight is 319 g/mol. The Bertz CT molecular complexity index is 1200. The highest BCUT2D eigenvalue weighted by Crippen LogP contribution is 2.46. The first-order valence-corrected chi connectivity index (χ1v) is 9.05. The van der Waals surface area contributed by atoms with Crippen LogP contribution in [0.15, 0.2) is 48.5 Å². The van der Waals surface area contributed by atoms with Crippen molar-refractivity contribution in [3.8, 4) is 5.69 Å². The molecule has 1 nitrogen and oxygen atoms in total. The van der Waals surface area contributed by atoms with Crippen LogP contribution in [-0.4, -0.2) is 28.1 Å². The molecule has 118 valence electrons. The molecule has 2 heterocycles. The fourth-order valence-corrected chi connectivity index (χ4v) is 4.62. The Morgan fingerprint density at radius 3 is 2.16 bits per heavy atom. The van der Waals surface area contributed by atoms with Crippen LogP contribution in [0.4, 0.5) is 0 Å². The van der Waals surface area contributed by atoms with Gasteiger partial charge in [0.05, 0.1) is 16.7 Å². The van der Waals surface area contributed by atoms with E-state index in [9.17, 15) is 0 Å². The Morgan fingerprint density at radius 2 is 1.36 bits per heavy atom. The van der Waals surface area contributed by atoms with Crippen LogP contribution in [0.2, 0.25) is 0 Å². The quantitative estimate of drug-likeness (QED) is 0.408. The minimum atomic E-state index is 0.00500. The van der Waals surface area contributed by atoms with Crippen molar-refractivity contribution in [3.63, 3.8) is 0 Å². The Morgan fingerprint density at radius 1 is 0.720 bits per heavy atom. The Labute approximate surface area is 151 Å². The smallest absolute Gasteiger partial charge is 0.139 e. The first-order chi connectivity index (χ1) is 11.9. The van der Waals surface area contributed by atoms with E-state index in [1.807, 2.05) is 0 Å². The van der Waals surface area contributed by atoms with Gasteiger partial charge in [0.15, 0.2) is 0 Å². The first-order valence-electron chi connectivity index (χ1n) is 9.05. The molecule has 1 aliphatic heterocycles. The molecule has 0 radical (unpaired) electrons. The molecule has 0 spiro atoms. The largest absolute Gasteiger partial charge is 0.309 e. The maximum absolute atomic E-state index is 2.49. The van der Waals surface area contributed by atoms with Gasteiger partial charge in [-0.3, -0.25) is 0 Å². The van der Waals surface area contributed by atoms with Gasteiger partial charge in [0.25, 0.3) is 0 Å². The maximum atomic E-state index is 2.49. The molecular formula is C21H20B3N. The second kappa shape index (κ2) is 4.63. The van der Waals surface area contributed by atoms with E-state index < -0.39 is 0 Å². The van der Waals surface area contributed by atoms with E-state index in [4.69, 9.17) is 0 Å². The summed E-state index contributed by atoms with van der Waals surface area (Å²) in [6.07, 6.45) is 0. The van der Waals surface area contributed by atoms with Gasteiger partial charge >= 0.3 is 0 Å². The van der Waals surface area contributed by atoms with Crippen molar-refractivity contribution in [2.45, 2.75) is 19.3 Å². The van der Waals surface area contributed by atoms with Crippen LogP contribution in [0.25, 0.3) is 27.5 Å². The van der Waals surface area contributed by atoms with E-state index in [0.717, 1.165) is 0 Å². The standard InChI is InChI=1S/C21H20B3N/c1-21(2)16-9-12(23)4-6-19(16)25-18-5-3-11(22)7-14(18)15-8-13(24)10-17(21)20(15)25/h3-10H,22-24H2,1-2H3. The van der Waals surface area contributed by atoms with Crippen LogP contribution in [0.3, 0.4) is 0 Å². The van der Waals surface area contributed by atoms with Gasteiger partial charge in [0.1, 0.15) is 23.5 Å². The van der Waals surface area contributed by atoms with Crippen LogP contribution in [0.1, 0.15) is 25.0 Å². The second-order valence-electron chi connectivity index (χ2n) is 8.21. The molecule has 5 rings (SSSR count). The minimum absolute atomic E-state index is 0.00500. The fraction of sp³-hybridized carbons (Fsp3) is 0.143. The number of benzene rings is 3. The van der Waals surface area contributed by atoms with Gasteiger partial charge in [-0.15, -0.1) is 0 Å². The van der Waals surface area contributed by atoms with Gasteiger partial charge in [-0.2, -0.15) is 0 Å². The van der Waals surface area contributed by atoms with Gasteiger partial charge in [-0.05, 0) is 23.3 Å². The summed E-state index contributed by atoms with van der Waals surface area (Å²) in [6.45, 7) is 4.73. The van der Waals surface area contributed by atoms with Crippen molar-refractivity contribution in [2.75, 3.05) is 0 Å². The summed E-state index contributed by atoms with van der Waals surface area (Å²) in [5.41, 5.74) is 10.9. The predicted octanol–water partition coefficient (Wildman–Crippen LogP) is 0.198. The van der Waals surface area contributed by atoms with Gasteiger partial charge < -0.3 is 4.57 Å². The number of nitrogens with zero attached hydrogens (tertiary/aromatic N) is 1. The molecule has 4 aromatic rings. The Hall–Kier alpha value is -2.35. The number of aromatic nitrogens is 1. The lowest BCUT2D eigenvalue weighted by Crippen LogP contribution is -2.29. The monoisotopic (exact) mass is 319 g/mol. The number of rotatable bonds is 0. The zero-order chi connectivity index (χ0) is 17.5. The molecule has 0 atom stereocenters. The zero-order valence-electron chi connectivity index (χ0n) is 15.6. The van der Waals surface area contributed by atoms with Crippen molar-refractivity contribution >= 4 is 61.7 Å². The van der Waals surface area contributed by atoms with E-state index in [1.165, 1.54) is 55.0 Å². The van der Waals surface area contributed by atoms with Crippen LogP contribution >= 0.6 is 0 Å². The third kappa shape index (κ3) is 1.83. The summed E-state index contributed by atoms with van der Waals surface area (Å²) in [6, 6.07) is 18.5. The van der Waals surface area contributed by atoms with Crippen molar-refractivity contribution in [1.82, 2.24) is 4.57 Å². The molecule has 0 bridgehead atoms. The lowest BCUT2D eigenvalue weighted by Gasteiger charge is -2.35. The molecule has 0 saturated carbocycles. The number of hydrogen-bond donors (Lipinski definition) is 0. The third-order valence-corrected chi connectivity index (χ3v) is 5.90. The maximum Gasteiger partial charge on any atom is 0.139 e. The van der Waals surface area contributed by atoms with Crippen molar-refractivity contribution in [2.24, 2.45) is 0 Å². The predicted molar refractivity (Wildman–Crippen MR) is 117 cm³/mol. The lowest BCUT2D eigenvalue weighted by atomic mass is 9.72. The fourth-order valence-electron chi connectivity index (χ4n) is 4.62. The molecule has 3 aromatic carbocycles. The zero-order valence-corrected chi connectivity index (χ0v) is 15.6. The normalized spacial score (nSPS) is 14.8. The highest BCUT2D eigenvalue weighted by atomic mass is 15.0. The second-order valence-corrected chi connectivity index (χ2v) is 8.21.